The Morgan fingerprint density at radius 3 is 2.59 bits per heavy atom. The highest BCUT2D eigenvalue weighted by Gasteiger charge is 2.18. The lowest BCUT2D eigenvalue weighted by atomic mass is 10.2. The number of ether oxygens (including phenoxy) is 2. The van der Waals surface area contributed by atoms with E-state index in [-0.39, 0.29) is 30.6 Å². The topological polar surface area (TPSA) is 107 Å². The van der Waals surface area contributed by atoms with Gasteiger partial charge in [-0.3, -0.25) is 14.4 Å². The molecule has 0 atom stereocenters. The first-order valence-corrected chi connectivity index (χ1v) is 12.2. The Hall–Kier alpha value is -2.66. The molecule has 2 amide bonds. The molecule has 32 heavy (non-hydrogen) atoms. The summed E-state index contributed by atoms with van der Waals surface area (Å²) in [6.45, 7) is 3.42. The molecule has 1 aromatic heterocycles. The van der Waals surface area contributed by atoms with Gasteiger partial charge in [0.25, 0.3) is 5.91 Å². The fourth-order valence-corrected chi connectivity index (χ4v) is 5.05. The molecule has 1 aliphatic heterocycles. The monoisotopic (exact) mass is 479 g/mol. The Balaban J connectivity index is 1.80. The zero-order valence-corrected chi connectivity index (χ0v) is 19.6. The summed E-state index contributed by atoms with van der Waals surface area (Å²) in [6.07, 6.45) is 2.05. The summed E-state index contributed by atoms with van der Waals surface area (Å²) in [5.41, 5.74) is 1.02. The van der Waals surface area contributed by atoms with Gasteiger partial charge in [-0.1, -0.05) is 11.3 Å². The number of aromatic nitrogens is 1. The third kappa shape index (κ3) is 5.98. The van der Waals surface area contributed by atoms with Crippen LogP contribution < -0.4 is 4.80 Å². The van der Waals surface area contributed by atoms with Crippen LogP contribution in [0.2, 0.25) is 0 Å². The van der Waals surface area contributed by atoms with E-state index in [1.807, 2.05) is 4.90 Å². The van der Waals surface area contributed by atoms with Crippen molar-refractivity contribution in [1.29, 1.82) is 0 Å². The van der Waals surface area contributed by atoms with Crippen molar-refractivity contribution < 1.29 is 28.7 Å². The second-order valence-electron chi connectivity index (χ2n) is 7.04. The van der Waals surface area contributed by atoms with Crippen LogP contribution in [0.3, 0.4) is 0 Å². The number of hydrogen-bond donors (Lipinski definition) is 0. The summed E-state index contributed by atoms with van der Waals surface area (Å²) in [6, 6.07) is 4.94. The van der Waals surface area contributed by atoms with E-state index in [0.29, 0.717) is 20.6 Å². The van der Waals surface area contributed by atoms with Crippen LogP contribution in [0.25, 0.3) is 10.2 Å². The summed E-state index contributed by atoms with van der Waals surface area (Å²) in [5, 5.41) is 0. The molecule has 0 bridgehead atoms. The van der Waals surface area contributed by atoms with Gasteiger partial charge < -0.3 is 18.9 Å². The maximum Gasteiger partial charge on any atom is 0.338 e. The van der Waals surface area contributed by atoms with Crippen molar-refractivity contribution in [2.75, 3.05) is 38.3 Å². The molecule has 0 spiro atoms. The third-order valence-electron chi connectivity index (χ3n) is 4.84. The standard InChI is InChI=1S/C21H25N3O6S2/c1-3-30-20(28)14-6-7-15-16(10-14)32-21(24(15)11-19(27)29-2)22-17(25)12-31-13-18(26)23-8-4-5-9-23/h6-7,10H,3-5,8-9,11-13H2,1-2H3. The number of rotatable bonds is 8. The summed E-state index contributed by atoms with van der Waals surface area (Å²) < 4.78 is 12.1. The van der Waals surface area contributed by atoms with Crippen molar-refractivity contribution in [1.82, 2.24) is 9.47 Å². The molecular formula is C21H25N3O6S2. The average Bonchev–Trinajstić information content (AvgIpc) is 3.42. The minimum Gasteiger partial charge on any atom is -0.468 e. The van der Waals surface area contributed by atoms with Gasteiger partial charge in [0.1, 0.15) is 6.54 Å². The van der Waals surface area contributed by atoms with Gasteiger partial charge in [-0.05, 0) is 38.0 Å². The number of methoxy groups -OCH3 is 1. The number of esters is 2. The Kier molecular flexibility index (Phi) is 8.46. The molecule has 2 aromatic rings. The molecule has 1 fully saturated rings. The normalized spacial score (nSPS) is 14.1. The molecule has 0 radical (unpaired) electrons. The number of benzene rings is 1. The van der Waals surface area contributed by atoms with E-state index in [1.54, 1.807) is 29.7 Å². The van der Waals surface area contributed by atoms with Gasteiger partial charge >= 0.3 is 11.9 Å². The zero-order chi connectivity index (χ0) is 23.1. The maximum absolute atomic E-state index is 12.5. The van der Waals surface area contributed by atoms with E-state index in [4.69, 9.17) is 9.47 Å². The fraction of sp³-hybridized carbons (Fsp3) is 0.476. The molecule has 0 saturated carbocycles. The molecule has 2 heterocycles. The Morgan fingerprint density at radius 1 is 1.16 bits per heavy atom. The number of carbonyl (C=O) groups excluding carboxylic acids is 4. The van der Waals surface area contributed by atoms with E-state index >= 15 is 0 Å². The van der Waals surface area contributed by atoms with Crippen molar-refractivity contribution in [3.63, 3.8) is 0 Å². The van der Waals surface area contributed by atoms with Gasteiger partial charge in [0.15, 0.2) is 4.80 Å². The largest absolute Gasteiger partial charge is 0.468 e. The Labute approximate surface area is 193 Å². The second-order valence-corrected chi connectivity index (χ2v) is 9.03. The van der Waals surface area contributed by atoms with Gasteiger partial charge in [0.05, 0.1) is 41.0 Å². The number of carbonyl (C=O) groups is 4. The first kappa shape index (κ1) is 24.0. The fourth-order valence-electron chi connectivity index (χ4n) is 3.27. The molecule has 0 aliphatic carbocycles. The number of thioether (sulfide) groups is 1. The summed E-state index contributed by atoms with van der Waals surface area (Å²) in [7, 11) is 1.28. The molecule has 9 nitrogen and oxygen atoms in total. The van der Waals surface area contributed by atoms with Gasteiger partial charge in [-0.2, -0.15) is 4.99 Å². The minimum atomic E-state index is -0.487. The average molecular weight is 480 g/mol. The summed E-state index contributed by atoms with van der Waals surface area (Å²) in [5.74, 6) is -1.01. The highest BCUT2D eigenvalue weighted by molar-refractivity contribution is 8.00. The van der Waals surface area contributed by atoms with Gasteiger partial charge in [0, 0.05) is 13.1 Å². The lowest BCUT2D eigenvalue weighted by molar-refractivity contribution is -0.141. The molecule has 0 unspecified atom stereocenters. The lowest BCUT2D eigenvalue weighted by Gasteiger charge is -2.14. The molecule has 1 saturated heterocycles. The summed E-state index contributed by atoms with van der Waals surface area (Å²) >= 11 is 2.42. The first-order valence-electron chi connectivity index (χ1n) is 10.2. The van der Waals surface area contributed by atoms with Crippen molar-refractivity contribution >= 4 is 57.1 Å². The second kappa shape index (κ2) is 11.3. The number of thiazole rings is 1. The molecule has 0 N–H and O–H groups in total. The smallest absolute Gasteiger partial charge is 0.338 e. The van der Waals surface area contributed by atoms with Crippen LogP contribution in [-0.2, 0) is 30.4 Å². The minimum absolute atomic E-state index is 0.0365. The predicted octanol–water partition coefficient (Wildman–Crippen LogP) is 1.84. The van der Waals surface area contributed by atoms with Crippen LogP contribution in [0.15, 0.2) is 23.2 Å². The molecule has 1 aliphatic rings. The molecule has 1 aromatic carbocycles. The highest BCUT2D eigenvalue weighted by Crippen LogP contribution is 2.20. The third-order valence-corrected chi connectivity index (χ3v) is 6.78. The van der Waals surface area contributed by atoms with Crippen LogP contribution in [-0.4, -0.2) is 71.5 Å². The first-order chi connectivity index (χ1) is 15.4. The molecular weight excluding hydrogens is 454 g/mol. The zero-order valence-electron chi connectivity index (χ0n) is 18.0. The van der Waals surface area contributed by atoms with Crippen LogP contribution in [0, 0.1) is 0 Å². The van der Waals surface area contributed by atoms with E-state index < -0.39 is 17.8 Å². The van der Waals surface area contributed by atoms with Crippen molar-refractivity contribution in [2.45, 2.75) is 26.3 Å². The van der Waals surface area contributed by atoms with E-state index in [9.17, 15) is 19.2 Å². The number of fused-ring (bicyclic) bond motifs is 1. The van der Waals surface area contributed by atoms with E-state index in [1.165, 1.54) is 30.2 Å². The summed E-state index contributed by atoms with van der Waals surface area (Å²) in [4.78, 5) is 54.8. The molecule has 3 rings (SSSR count). The predicted molar refractivity (Wildman–Crippen MR) is 121 cm³/mol. The van der Waals surface area contributed by atoms with Gasteiger partial charge in [0.2, 0.25) is 5.91 Å². The quantitative estimate of drug-likeness (QED) is 0.532. The van der Waals surface area contributed by atoms with Gasteiger partial charge in [-0.25, -0.2) is 4.79 Å². The lowest BCUT2D eigenvalue weighted by Crippen LogP contribution is -2.29. The molecule has 11 heteroatoms. The van der Waals surface area contributed by atoms with Crippen molar-refractivity contribution in [3.8, 4) is 0 Å². The number of amides is 2. The number of nitrogens with zero attached hydrogens (tertiary/aromatic N) is 3. The number of hydrogen-bond acceptors (Lipinski definition) is 8. The van der Waals surface area contributed by atoms with Crippen LogP contribution in [0.4, 0.5) is 0 Å². The van der Waals surface area contributed by atoms with Crippen LogP contribution >= 0.6 is 23.1 Å². The van der Waals surface area contributed by atoms with Gasteiger partial charge in [-0.15, -0.1) is 11.8 Å². The Morgan fingerprint density at radius 2 is 1.91 bits per heavy atom. The van der Waals surface area contributed by atoms with Crippen LogP contribution in [0.5, 0.6) is 0 Å². The van der Waals surface area contributed by atoms with Crippen molar-refractivity contribution in [2.24, 2.45) is 4.99 Å². The maximum atomic E-state index is 12.5. The number of likely N-dealkylation sites (tertiary alicyclic amines) is 1. The highest BCUT2D eigenvalue weighted by atomic mass is 32.2. The molecule has 172 valence electrons. The SMILES string of the molecule is CCOC(=O)c1ccc2c(c1)sc(=NC(=O)CSCC(=O)N1CCCC1)n2CC(=O)OC. The van der Waals surface area contributed by atoms with E-state index in [2.05, 4.69) is 4.99 Å². The van der Waals surface area contributed by atoms with E-state index in [0.717, 1.165) is 25.9 Å². The van der Waals surface area contributed by atoms with Crippen molar-refractivity contribution in [3.05, 3.63) is 28.6 Å². The van der Waals surface area contributed by atoms with Crippen LogP contribution in [0.1, 0.15) is 30.1 Å². The Bertz CT molecular complexity index is 1080.